The van der Waals surface area contributed by atoms with Crippen LogP contribution in [0.5, 0.6) is 11.5 Å². The van der Waals surface area contributed by atoms with Gasteiger partial charge in [-0.05, 0) is 54.3 Å². The van der Waals surface area contributed by atoms with Gasteiger partial charge < -0.3 is 14.7 Å². The van der Waals surface area contributed by atoms with Crippen molar-refractivity contribution in [1.29, 1.82) is 0 Å². The van der Waals surface area contributed by atoms with Gasteiger partial charge in [-0.15, -0.1) is 0 Å². The molecule has 0 atom stereocenters. The van der Waals surface area contributed by atoms with Gasteiger partial charge in [0.15, 0.2) is 9.84 Å². The zero-order valence-corrected chi connectivity index (χ0v) is 19.0. The van der Waals surface area contributed by atoms with Crippen molar-refractivity contribution in [1.82, 2.24) is 4.90 Å². The Kier molecular flexibility index (Phi) is 7.53. The van der Waals surface area contributed by atoms with Crippen LogP contribution in [0, 0.1) is 0 Å². The SMILES string of the molecule is CN(CCCOc1cccc(S(C)(=O)=O)c1)C(=O)c1cc(Cc2ccccc2)ccc1O. The van der Waals surface area contributed by atoms with Crippen LogP contribution in [0.1, 0.15) is 27.9 Å². The number of nitrogens with zero attached hydrogens (tertiary/aromatic N) is 1. The maximum Gasteiger partial charge on any atom is 0.257 e. The summed E-state index contributed by atoms with van der Waals surface area (Å²) in [7, 11) is -1.62. The second kappa shape index (κ2) is 10.3. The fourth-order valence-electron chi connectivity index (χ4n) is 3.29. The lowest BCUT2D eigenvalue weighted by atomic mass is 10.0. The van der Waals surface area contributed by atoms with Crippen molar-refractivity contribution in [2.45, 2.75) is 17.7 Å². The monoisotopic (exact) mass is 453 g/mol. The van der Waals surface area contributed by atoms with E-state index in [0.29, 0.717) is 31.7 Å². The number of hydrogen-bond acceptors (Lipinski definition) is 5. The van der Waals surface area contributed by atoms with E-state index in [1.165, 1.54) is 17.0 Å². The van der Waals surface area contributed by atoms with Crippen LogP contribution in [-0.4, -0.2) is 50.8 Å². The van der Waals surface area contributed by atoms with Gasteiger partial charge in [0.05, 0.1) is 17.1 Å². The average Bonchev–Trinajstić information content (AvgIpc) is 2.78. The van der Waals surface area contributed by atoms with Crippen LogP contribution in [0.4, 0.5) is 0 Å². The third-order valence-corrected chi connectivity index (χ3v) is 6.14. The summed E-state index contributed by atoms with van der Waals surface area (Å²) in [6.07, 6.45) is 2.37. The minimum absolute atomic E-state index is 0.0486. The smallest absolute Gasteiger partial charge is 0.257 e. The summed E-state index contributed by atoms with van der Waals surface area (Å²) < 4.78 is 28.9. The number of hydrogen-bond donors (Lipinski definition) is 1. The highest BCUT2D eigenvalue weighted by molar-refractivity contribution is 7.90. The molecule has 6 nitrogen and oxygen atoms in total. The number of sulfone groups is 1. The lowest BCUT2D eigenvalue weighted by molar-refractivity contribution is 0.0784. The molecule has 0 radical (unpaired) electrons. The molecule has 32 heavy (non-hydrogen) atoms. The molecule has 0 bridgehead atoms. The molecule has 0 saturated carbocycles. The maximum atomic E-state index is 12.8. The van der Waals surface area contributed by atoms with Crippen molar-refractivity contribution >= 4 is 15.7 Å². The number of carbonyl (C=O) groups is 1. The number of phenols is 1. The fraction of sp³-hybridized carbons (Fsp3) is 0.240. The second-order valence-electron chi connectivity index (χ2n) is 7.69. The normalized spacial score (nSPS) is 11.2. The van der Waals surface area contributed by atoms with E-state index in [-0.39, 0.29) is 22.1 Å². The Balaban J connectivity index is 1.56. The quantitative estimate of drug-likeness (QED) is 0.497. The Morgan fingerprint density at radius 2 is 1.72 bits per heavy atom. The minimum Gasteiger partial charge on any atom is -0.507 e. The van der Waals surface area contributed by atoms with Crippen LogP contribution < -0.4 is 4.74 Å². The number of ether oxygens (including phenoxy) is 1. The van der Waals surface area contributed by atoms with Gasteiger partial charge >= 0.3 is 0 Å². The highest BCUT2D eigenvalue weighted by atomic mass is 32.2. The lowest BCUT2D eigenvalue weighted by Crippen LogP contribution is -2.28. The molecule has 0 aliphatic heterocycles. The molecule has 0 aliphatic carbocycles. The number of phenolic OH excluding ortho intramolecular Hbond substituents is 1. The average molecular weight is 454 g/mol. The molecule has 3 aromatic rings. The molecule has 0 saturated heterocycles. The molecule has 3 aromatic carbocycles. The van der Waals surface area contributed by atoms with E-state index in [0.717, 1.165) is 17.4 Å². The largest absolute Gasteiger partial charge is 0.507 e. The van der Waals surface area contributed by atoms with E-state index in [4.69, 9.17) is 4.74 Å². The summed E-state index contributed by atoms with van der Waals surface area (Å²) in [5, 5.41) is 10.2. The Hall–Kier alpha value is -3.32. The zero-order chi connectivity index (χ0) is 23.1. The summed E-state index contributed by atoms with van der Waals surface area (Å²) in [4.78, 5) is 14.6. The van der Waals surface area contributed by atoms with Gasteiger partial charge in [-0.25, -0.2) is 8.42 Å². The molecule has 0 fully saturated rings. The Labute approximate surface area is 189 Å². The van der Waals surface area contributed by atoms with Gasteiger partial charge in [-0.1, -0.05) is 42.5 Å². The third-order valence-electron chi connectivity index (χ3n) is 5.03. The summed E-state index contributed by atoms with van der Waals surface area (Å²) in [6, 6.07) is 21.4. The van der Waals surface area contributed by atoms with Crippen LogP contribution in [0.15, 0.2) is 77.7 Å². The lowest BCUT2D eigenvalue weighted by Gasteiger charge is -2.18. The minimum atomic E-state index is -3.30. The van der Waals surface area contributed by atoms with Crippen LogP contribution in [0.3, 0.4) is 0 Å². The molecule has 7 heteroatoms. The number of benzene rings is 3. The van der Waals surface area contributed by atoms with Gasteiger partial charge in [0.1, 0.15) is 11.5 Å². The van der Waals surface area contributed by atoms with Gasteiger partial charge in [-0.3, -0.25) is 4.79 Å². The van der Waals surface area contributed by atoms with Gasteiger partial charge in [0.25, 0.3) is 5.91 Å². The van der Waals surface area contributed by atoms with E-state index >= 15 is 0 Å². The molecular formula is C25H27NO5S. The zero-order valence-electron chi connectivity index (χ0n) is 18.2. The second-order valence-corrected chi connectivity index (χ2v) is 9.71. The Morgan fingerprint density at radius 3 is 2.44 bits per heavy atom. The molecule has 168 valence electrons. The topological polar surface area (TPSA) is 83.9 Å². The Morgan fingerprint density at radius 1 is 0.969 bits per heavy atom. The molecular weight excluding hydrogens is 426 g/mol. The Bertz CT molecular complexity index is 1180. The highest BCUT2D eigenvalue weighted by Crippen LogP contribution is 2.22. The summed E-state index contributed by atoms with van der Waals surface area (Å²) in [6.45, 7) is 0.748. The van der Waals surface area contributed by atoms with Gasteiger partial charge in [0.2, 0.25) is 0 Å². The summed E-state index contributed by atoms with van der Waals surface area (Å²) in [5.74, 6) is 0.150. The van der Waals surface area contributed by atoms with E-state index < -0.39 is 9.84 Å². The molecule has 1 N–H and O–H groups in total. The van der Waals surface area contributed by atoms with Crippen molar-refractivity contribution in [3.63, 3.8) is 0 Å². The predicted octanol–water partition coefficient (Wildman–Crippen LogP) is 3.93. The van der Waals surface area contributed by atoms with Crippen LogP contribution in [-0.2, 0) is 16.3 Å². The number of aromatic hydroxyl groups is 1. The van der Waals surface area contributed by atoms with Gasteiger partial charge in [0, 0.05) is 19.8 Å². The molecule has 3 rings (SSSR count). The van der Waals surface area contributed by atoms with E-state index in [9.17, 15) is 18.3 Å². The first kappa shape index (κ1) is 23.3. The van der Waals surface area contributed by atoms with Crippen molar-refractivity contribution in [2.24, 2.45) is 0 Å². The predicted molar refractivity (Wildman–Crippen MR) is 124 cm³/mol. The van der Waals surface area contributed by atoms with E-state index in [1.54, 1.807) is 31.3 Å². The molecule has 0 aromatic heterocycles. The van der Waals surface area contributed by atoms with E-state index in [2.05, 4.69) is 0 Å². The van der Waals surface area contributed by atoms with Crippen molar-refractivity contribution in [3.05, 3.63) is 89.5 Å². The van der Waals surface area contributed by atoms with Crippen LogP contribution in [0.2, 0.25) is 0 Å². The number of rotatable bonds is 9. The number of carbonyl (C=O) groups excluding carboxylic acids is 1. The fourth-order valence-corrected chi connectivity index (χ4v) is 3.95. The third kappa shape index (κ3) is 6.34. The molecule has 0 unspecified atom stereocenters. The van der Waals surface area contributed by atoms with Crippen molar-refractivity contribution in [2.75, 3.05) is 26.5 Å². The first-order valence-corrected chi connectivity index (χ1v) is 12.2. The molecule has 0 heterocycles. The van der Waals surface area contributed by atoms with Crippen LogP contribution >= 0.6 is 0 Å². The molecule has 0 aliphatic rings. The van der Waals surface area contributed by atoms with Crippen molar-refractivity contribution < 1.29 is 23.1 Å². The highest BCUT2D eigenvalue weighted by Gasteiger charge is 2.16. The molecule has 1 amide bonds. The standard InChI is InChI=1S/C25H27NO5S/c1-26(14-7-15-31-21-10-6-11-22(18-21)32(2,29)30)25(28)23-17-20(12-13-24(23)27)16-19-8-4-3-5-9-19/h3-6,8-13,17-18,27H,7,14-16H2,1-2H3. The van der Waals surface area contributed by atoms with E-state index in [1.807, 2.05) is 36.4 Å². The maximum absolute atomic E-state index is 12.8. The number of amides is 1. The summed E-state index contributed by atoms with van der Waals surface area (Å²) >= 11 is 0. The first-order valence-electron chi connectivity index (χ1n) is 10.3. The first-order chi connectivity index (χ1) is 15.2. The van der Waals surface area contributed by atoms with Crippen LogP contribution in [0.25, 0.3) is 0 Å². The van der Waals surface area contributed by atoms with Gasteiger partial charge in [-0.2, -0.15) is 0 Å². The molecule has 0 spiro atoms. The van der Waals surface area contributed by atoms with Crippen molar-refractivity contribution in [3.8, 4) is 11.5 Å². The summed E-state index contributed by atoms with van der Waals surface area (Å²) in [5.41, 5.74) is 2.34.